The Morgan fingerprint density at radius 1 is 0.384 bits per heavy atom. The minimum absolute atomic E-state index is 0. The van der Waals surface area contributed by atoms with Gasteiger partial charge in [0.1, 0.15) is 5.71 Å². The zero-order chi connectivity index (χ0) is 60.0. The molecule has 1 aliphatic carbocycles. The predicted octanol–water partition coefficient (Wildman–Crippen LogP) is 18.3. The van der Waals surface area contributed by atoms with E-state index in [2.05, 4.69) is 229 Å². The second-order valence-electron chi connectivity index (χ2n) is 27.5. The SMILES string of the molecule is C1CCOC1.C1CCOC1.C1CCOC1.C1CCOC1.CC(C)(C)CN=C1C=Cc2ccccc2[C+]1c1c([N-]CC(C)(C)C)ccc2ccccc12.CC(C)(C)C[N-]c1ccc2ccccc2c1-c1c([N-]CC(C)(C)C)ccc2ccccc12.[Li+].[Sm]. The summed E-state index contributed by atoms with van der Waals surface area (Å²) in [4.78, 5) is 5.12. The van der Waals surface area contributed by atoms with Crippen molar-refractivity contribution < 1.29 is 78.2 Å². The van der Waals surface area contributed by atoms with Crippen LogP contribution in [0.5, 0.6) is 0 Å². The summed E-state index contributed by atoms with van der Waals surface area (Å²) in [7, 11) is 0. The van der Waals surface area contributed by atoms with E-state index < -0.39 is 0 Å². The van der Waals surface area contributed by atoms with Crippen LogP contribution in [0, 0.1) is 68.0 Å². The van der Waals surface area contributed by atoms with Gasteiger partial charge in [-0.05, 0) is 138 Å². The van der Waals surface area contributed by atoms with Crippen molar-refractivity contribution in [3.8, 4) is 11.1 Å². The monoisotopic (exact) mass is 1290 g/mol. The van der Waals surface area contributed by atoms with Crippen LogP contribution < -0.4 is 18.9 Å². The van der Waals surface area contributed by atoms with E-state index in [1.54, 1.807) is 0 Å². The van der Waals surface area contributed by atoms with Gasteiger partial charge in [-0.2, -0.15) is 0 Å². The molecule has 4 aliphatic heterocycles. The van der Waals surface area contributed by atoms with E-state index in [1.165, 1.54) is 117 Å². The molecular weight excluding hydrogens is 1190 g/mol. The number of rotatable bonds is 9. The van der Waals surface area contributed by atoms with Crippen LogP contribution in [0.3, 0.4) is 0 Å². The predicted molar refractivity (Wildman–Crippen MR) is 362 cm³/mol. The molecule has 0 aromatic heterocycles. The summed E-state index contributed by atoms with van der Waals surface area (Å²) in [5.41, 5.74) is 10.7. The van der Waals surface area contributed by atoms with Crippen molar-refractivity contribution in [1.29, 1.82) is 0 Å². The number of nitrogens with zero attached hydrogens (tertiary/aromatic N) is 4. The first kappa shape index (κ1) is 72.5. The zero-order valence-corrected chi connectivity index (χ0v) is 57.4. The van der Waals surface area contributed by atoms with Crippen LogP contribution in [0.2, 0.25) is 0 Å². The molecule has 7 aromatic rings. The second-order valence-corrected chi connectivity index (χ2v) is 27.5. The van der Waals surface area contributed by atoms with Gasteiger partial charge in [-0.25, -0.2) is 0 Å². The topological polar surface area (TPSA) is 91.6 Å². The molecule has 0 radical (unpaired) electrons. The molecule has 4 heterocycles. The average Bonchev–Trinajstić information content (AvgIpc) is 0.937. The smallest absolute Gasteiger partial charge is 0.683 e. The van der Waals surface area contributed by atoms with Gasteiger partial charge >= 0.3 is 18.9 Å². The molecule has 0 unspecified atom stereocenters. The molecular formula is C76H100LiN4O4Sm-. The first-order valence-electron chi connectivity index (χ1n) is 31.3. The number of allylic oxidation sites excluding steroid dienone is 1. The van der Waals surface area contributed by atoms with E-state index in [0.29, 0.717) is 0 Å². The van der Waals surface area contributed by atoms with Gasteiger partial charge in [0.15, 0.2) is 0 Å². The van der Waals surface area contributed by atoms with E-state index in [-0.39, 0.29) is 80.9 Å². The molecule has 0 bridgehead atoms. The fraction of sp³-hybridized carbons (Fsp3) is 0.474. The molecule has 86 heavy (non-hydrogen) atoms. The minimum Gasteiger partial charge on any atom is -0.683 e. The number of hydrogen-bond acceptors (Lipinski definition) is 5. The fourth-order valence-corrected chi connectivity index (χ4v) is 9.95. The molecule has 7 aromatic carbocycles. The summed E-state index contributed by atoms with van der Waals surface area (Å²) in [5, 5.41) is 22.7. The number of hydrogen-bond donors (Lipinski definition) is 0. The van der Waals surface area contributed by atoms with Crippen molar-refractivity contribution >= 4 is 61.2 Å². The first-order valence-corrected chi connectivity index (χ1v) is 31.3. The zero-order valence-electron chi connectivity index (χ0n) is 54.8. The van der Waals surface area contributed by atoms with Gasteiger partial charge in [0.2, 0.25) is 0 Å². The maximum absolute atomic E-state index is 5.12. The van der Waals surface area contributed by atoms with Gasteiger partial charge in [-0.1, -0.05) is 190 Å². The summed E-state index contributed by atoms with van der Waals surface area (Å²) in [5.74, 6) is 1.19. The maximum Gasteiger partial charge on any atom is 1.00 e. The molecule has 456 valence electrons. The van der Waals surface area contributed by atoms with Gasteiger partial charge < -0.3 is 34.9 Å². The largest absolute Gasteiger partial charge is 1.00 e. The number of ether oxygens (including phenoxy) is 4. The summed E-state index contributed by atoms with van der Waals surface area (Å²) in [6.45, 7) is 37.9. The van der Waals surface area contributed by atoms with Crippen molar-refractivity contribution in [3.63, 3.8) is 0 Å². The van der Waals surface area contributed by atoms with Gasteiger partial charge in [0.05, 0.1) is 17.0 Å². The molecule has 0 saturated carbocycles. The Labute approximate surface area is 563 Å². The summed E-state index contributed by atoms with van der Waals surface area (Å²) < 4.78 is 19.8. The van der Waals surface area contributed by atoms with Crippen LogP contribution >= 0.6 is 0 Å². The first-order chi connectivity index (χ1) is 40.2. The van der Waals surface area contributed by atoms with E-state index in [4.69, 9.17) is 39.9 Å². The summed E-state index contributed by atoms with van der Waals surface area (Å²) in [6, 6.07) is 47.6. The molecule has 10 heteroatoms. The maximum atomic E-state index is 5.12. The third kappa shape index (κ3) is 23.9. The molecule has 0 amide bonds. The number of benzene rings is 7. The van der Waals surface area contributed by atoms with Crippen molar-refractivity contribution in [3.05, 3.63) is 178 Å². The van der Waals surface area contributed by atoms with Crippen LogP contribution in [0.1, 0.15) is 151 Å². The minimum atomic E-state index is 0. The van der Waals surface area contributed by atoms with E-state index >= 15 is 0 Å². The van der Waals surface area contributed by atoms with E-state index in [1.807, 2.05) is 0 Å². The quantitative estimate of drug-likeness (QED) is 0.106. The fourth-order valence-electron chi connectivity index (χ4n) is 9.95. The van der Waals surface area contributed by atoms with Crippen LogP contribution in [0.25, 0.3) is 65.5 Å². The average molecular weight is 1290 g/mol. The summed E-state index contributed by atoms with van der Waals surface area (Å²) >= 11 is 0. The van der Waals surface area contributed by atoms with Gasteiger partial charge in [0, 0.05) is 128 Å². The van der Waals surface area contributed by atoms with Crippen LogP contribution in [0.4, 0.5) is 17.1 Å². The Kier molecular flexibility index (Phi) is 30.2. The Morgan fingerprint density at radius 2 is 0.721 bits per heavy atom. The normalized spacial score (nSPS) is 15.9. The third-order valence-corrected chi connectivity index (χ3v) is 14.3. The standard InChI is InChI=1S/2C30H34N2.4C4H8O.Li.Sm/c2*1-29(2,3)19-31-25-17-15-21-11-7-9-13-23(21)27(25)28-24-14-10-8-12-22(24)16-18-26(28)32-20-30(4,5)6;4*1-2-4-5-3-1;;/h2*7-18H,19-20H2,1-6H3;4*1-4H2;;/q;-2;;;;;+1;. The van der Waals surface area contributed by atoms with Crippen molar-refractivity contribution in [1.82, 2.24) is 0 Å². The molecule has 0 N–H and O–H groups in total. The molecule has 12 rings (SSSR count). The molecule has 5 aliphatic rings. The van der Waals surface area contributed by atoms with Gasteiger partial charge in [0.25, 0.3) is 0 Å². The van der Waals surface area contributed by atoms with Crippen molar-refractivity contribution in [2.45, 2.75) is 134 Å². The van der Waals surface area contributed by atoms with Crippen LogP contribution in [-0.4, -0.2) is 84.7 Å². The van der Waals surface area contributed by atoms with E-state index in [9.17, 15) is 0 Å². The molecule has 4 fully saturated rings. The van der Waals surface area contributed by atoms with Crippen molar-refractivity contribution in [2.75, 3.05) is 79.0 Å². The molecule has 0 atom stereocenters. The van der Waals surface area contributed by atoms with Crippen LogP contribution in [0.15, 0.2) is 145 Å². The molecule has 0 spiro atoms. The Balaban J connectivity index is 0.000000231. The van der Waals surface area contributed by atoms with Crippen LogP contribution in [-0.2, 0) is 18.9 Å². The Morgan fingerprint density at radius 3 is 1.09 bits per heavy atom. The van der Waals surface area contributed by atoms with Gasteiger partial charge in [-0.3, -0.25) is 4.99 Å². The Bertz CT molecular complexity index is 3010. The van der Waals surface area contributed by atoms with Gasteiger partial charge in [-0.15, -0.1) is 31.0 Å². The summed E-state index contributed by atoms with van der Waals surface area (Å²) in [6.07, 6.45) is 14.6. The third-order valence-electron chi connectivity index (χ3n) is 14.3. The molecule has 8 nitrogen and oxygen atoms in total. The number of aliphatic imine (C=N–C) groups is 1. The van der Waals surface area contributed by atoms with E-state index in [0.717, 1.165) is 102 Å². The number of fused-ring (bicyclic) bond motifs is 4. The second kappa shape index (κ2) is 35.8. The Hall–Kier alpha value is -4.22. The van der Waals surface area contributed by atoms with Crippen molar-refractivity contribution in [2.24, 2.45) is 26.7 Å². The molecule has 4 saturated heterocycles.